The summed E-state index contributed by atoms with van der Waals surface area (Å²) in [6, 6.07) is 6.21. The molecule has 88 valence electrons. The summed E-state index contributed by atoms with van der Waals surface area (Å²) in [4.78, 5) is 10.9. The zero-order valence-electron chi connectivity index (χ0n) is 10.4. The minimum atomic E-state index is 0.255. The highest BCUT2D eigenvalue weighted by molar-refractivity contribution is 5.75. The van der Waals surface area contributed by atoms with Crippen LogP contribution in [-0.2, 0) is 11.2 Å². The monoisotopic (exact) mass is 220 g/mol. The van der Waals surface area contributed by atoms with Gasteiger partial charge in [-0.3, -0.25) is 0 Å². The molecule has 0 spiro atoms. The molecule has 0 aromatic heterocycles. The molecule has 0 aliphatic rings. The fourth-order valence-electron chi connectivity index (χ4n) is 1.73. The van der Waals surface area contributed by atoms with Crippen molar-refractivity contribution in [3.8, 4) is 5.75 Å². The predicted octanol–water partition coefficient (Wildman–Crippen LogP) is 3.31. The second-order valence-electron chi connectivity index (χ2n) is 4.10. The highest BCUT2D eigenvalue weighted by atomic mass is 16.5. The van der Waals surface area contributed by atoms with Gasteiger partial charge in [-0.25, -0.2) is 0 Å². The number of rotatable bonds is 6. The van der Waals surface area contributed by atoms with E-state index in [4.69, 9.17) is 4.74 Å². The molecule has 2 nitrogen and oxygen atoms in total. The van der Waals surface area contributed by atoms with E-state index in [1.807, 2.05) is 13.0 Å². The molecule has 0 bridgehead atoms. The molecule has 16 heavy (non-hydrogen) atoms. The molecule has 0 unspecified atom stereocenters. The molecule has 0 saturated carbocycles. The lowest BCUT2D eigenvalue weighted by Crippen LogP contribution is -1.99. The van der Waals surface area contributed by atoms with Crippen molar-refractivity contribution < 1.29 is 9.53 Å². The molecule has 0 radical (unpaired) electrons. The van der Waals surface area contributed by atoms with Gasteiger partial charge in [0.05, 0.1) is 6.61 Å². The maximum absolute atomic E-state index is 10.9. The van der Waals surface area contributed by atoms with Crippen molar-refractivity contribution in [2.45, 2.75) is 40.0 Å². The molecule has 0 heterocycles. The smallest absolute Gasteiger partial charge is 0.129 e. The summed E-state index contributed by atoms with van der Waals surface area (Å²) < 4.78 is 5.56. The van der Waals surface area contributed by atoms with E-state index in [0.29, 0.717) is 13.0 Å². The molecule has 0 fully saturated rings. The summed E-state index contributed by atoms with van der Waals surface area (Å²) in [6.45, 7) is 6.38. The summed E-state index contributed by atoms with van der Waals surface area (Å²) in [5.74, 6) is 1.21. The quantitative estimate of drug-likeness (QED) is 0.735. The summed E-state index contributed by atoms with van der Waals surface area (Å²) in [6.07, 6.45) is 2.47. The first-order chi connectivity index (χ1) is 7.63. The third kappa shape index (κ3) is 4.05. The average molecular weight is 220 g/mol. The van der Waals surface area contributed by atoms with Gasteiger partial charge in [0.1, 0.15) is 11.5 Å². The second-order valence-corrected chi connectivity index (χ2v) is 4.10. The number of carbonyl (C=O) groups is 1. The fraction of sp³-hybridized carbons (Fsp3) is 0.500. The van der Waals surface area contributed by atoms with Crippen LogP contribution in [0.5, 0.6) is 5.75 Å². The summed E-state index contributed by atoms with van der Waals surface area (Å²) in [7, 11) is 0. The predicted molar refractivity (Wildman–Crippen MR) is 66.0 cm³/mol. The van der Waals surface area contributed by atoms with Gasteiger partial charge >= 0.3 is 0 Å². The Bertz CT molecular complexity index is 356. The molecule has 1 rings (SSSR count). The first-order valence-electron chi connectivity index (χ1n) is 5.85. The van der Waals surface area contributed by atoms with Crippen molar-refractivity contribution in [2.75, 3.05) is 6.61 Å². The Morgan fingerprint density at radius 2 is 2.12 bits per heavy atom. The Morgan fingerprint density at radius 1 is 1.38 bits per heavy atom. The van der Waals surface area contributed by atoms with Gasteiger partial charge in [0, 0.05) is 6.42 Å². The van der Waals surface area contributed by atoms with Crippen molar-refractivity contribution in [3.05, 3.63) is 29.3 Å². The topological polar surface area (TPSA) is 26.3 Å². The van der Waals surface area contributed by atoms with Crippen molar-refractivity contribution >= 4 is 5.78 Å². The molecule has 0 aliphatic carbocycles. The average Bonchev–Trinajstić information content (AvgIpc) is 2.21. The molecular weight excluding hydrogens is 200 g/mol. The molecular formula is C14H20O2. The zero-order valence-corrected chi connectivity index (χ0v) is 10.4. The normalized spacial score (nSPS) is 10.2. The van der Waals surface area contributed by atoms with Crippen molar-refractivity contribution in [1.29, 1.82) is 0 Å². The van der Waals surface area contributed by atoms with E-state index in [2.05, 4.69) is 19.1 Å². The molecule has 0 atom stereocenters. The van der Waals surface area contributed by atoms with Gasteiger partial charge in [-0.1, -0.05) is 17.7 Å². The highest BCUT2D eigenvalue weighted by Gasteiger charge is 2.04. The number of ketones is 1. The largest absolute Gasteiger partial charge is 0.494 e. The molecule has 0 N–H and O–H groups in total. The van der Waals surface area contributed by atoms with Gasteiger partial charge in [0.25, 0.3) is 0 Å². The second kappa shape index (κ2) is 6.31. The number of hydrogen-bond donors (Lipinski definition) is 0. The van der Waals surface area contributed by atoms with E-state index in [1.54, 1.807) is 6.92 Å². The Hall–Kier alpha value is -1.31. The summed E-state index contributed by atoms with van der Waals surface area (Å²) >= 11 is 0. The van der Waals surface area contributed by atoms with E-state index in [-0.39, 0.29) is 5.78 Å². The number of ether oxygens (including phenoxy) is 1. The highest BCUT2D eigenvalue weighted by Crippen LogP contribution is 2.22. The molecule has 0 aliphatic heterocycles. The van der Waals surface area contributed by atoms with Crippen LogP contribution >= 0.6 is 0 Å². The van der Waals surface area contributed by atoms with Gasteiger partial charge < -0.3 is 9.53 Å². The van der Waals surface area contributed by atoms with E-state index >= 15 is 0 Å². The molecule has 0 amide bonds. The Balaban J connectivity index is 2.67. The van der Waals surface area contributed by atoms with E-state index in [1.165, 1.54) is 11.1 Å². The van der Waals surface area contributed by atoms with Crippen LogP contribution in [0.4, 0.5) is 0 Å². The van der Waals surface area contributed by atoms with Crippen LogP contribution in [0.2, 0.25) is 0 Å². The lowest BCUT2D eigenvalue weighted by Gasteiger charge is -2.10. The number of aryl methyl sites for hydroxylation is 2. The Kier molecular flexibility index (Phi) is 5.03. The number of benzene rings is 1. The first-order valence-corrected chi connectivity index (χ1v) is 5.85. The maximum Gasteiger partial charge on any atom is 0.129 e. The molecule has 2 heteroatoms. The van der Waals surface area contributed by atoms with Crippen LogP contribution in [0, 0.1) is 6.92 Å². The van der Waals surface area contributed by atoms with Crippen LogP contribution in [0.1, 0.15) is 37.8 Å². The first kappa shape index (κ1) is 12.8. The third-order valence-corrected chi connectivity index (χ3v) is 2.49. The maximum atomic E-state index is 10.9. The van der Waals surface area contributed by atoms with Crippen molar-refractivity contribution in [1.82, 2.24) is 0 Å². The lowest BCUT2D eigenvalue weighted by molar-refractivity contribution is -0.117. The van der Waals surface area contributed by atoms with Gasteiger partial charge in [0.15, 0.2) is 0 Å². The van der Waals surface area contributed by atoms with Crippen LogP contribution in [-0.4, -0.2) is 12.4 Å². The zero-order chi connectivity index (χ0) is 12.0. The number of hydrogen-bond acceptors (Lipinski definition) is 2. The van der Waals surface area contributed by atoms with E-state index < -0.39 is 0 Å². The van der Waals surface area contributed by atoms with Crippen LogP contribution in [0.3, 0.4) is 0 Å². The van der Waals surface area contributed by atoms with Gasteiger partial charge in [0.2, 0.25) is 0 Å². The third-order valence-electron chi connectivity index (χ3n) is 2.49. The minimum absolute atomic E-state index is 0.255. The standard InChI is InChI=1S/C14H20O2/c1-4-16-14-9-8-11(2)10-13(14)7-5-6-12(3)15/h8-10H,4-7H2,1-3H3. The van der Waals surface area contributed by atoms with Crippen molar-refractivity contribution in [2.24, 2.45) is 0 Å². The molecule has 1 aromatic carbocycles. The van der Waals surface area contributed by atoms with Gasteiger partial charge in [-0.15, -0.1) is 0 Å². The summed E-state index contributed by atoms with van der Waals surface area (Å²) in [5.41, 5.74) is 2.45. The lowest BCUT2D eigenvalue weighted by atomic mass is 10.0. The van der Waals surface area contributed by atoms with E-state index in [0.717, 1.165) is 18.6 Å². The SMILES string of the molecule is CCOc1ccc(C)cc1CCCC(C)=O. The van der Waals surface area contributed by atoms with Crippen LogP contribution in [0.15, 0.2) is 18.2 Å². The fourth-order valence-corrected chi connectivity index (χ4v) is 1.73. The minimum Gasteiger partial charge on any atom is -0.494 e. The molecule has 0 saturated heterocycles. The number of carbonyl (C=O) groups excluding carboxylic acids is 1. The van der Waals surface area contributed by atoms with Crippen molar-refractivity contribution in [3.63, 3.8) is 0 Å². The van der Waals surface area contributed by atoms with Gasteiger partial charge in [-0.2, -0.15) is 0 Å². The van der Waals surface area contributed by atoms with Crippen LogP contribution in [0.25, 0.3) is 0 Å². The Labute approximate surface area is 97.6 Å². The van der Waals surface area contributed by atoms with Crippen LogP contribution < -0.4 is 4.74 Å². The van der Waals surface area contributed by atoms with Gasteiger partial charge in [-0.05, 0) is 45.2 Å². The van der Waals surface area contributed by atoms with E-state index in [9.17, 15) is 4.79 Å². The Morgan fingerprint density at radius 3 is 2.75 bits per heavy atom. The molecule has 1 aromatic rings. The number of Topliss-reactive ketones (excluding diaryl/α,β-unsaturated/α-hetero) is 1. The summed E-state index contributed by atoms with van der Waals surface area (Å²) in [5, 5.41) is 0.